The van der Waals surface area contributed by atoms with E-state index in [0.717, 1.165) is 19.6 Å². The van der Waals surface area contributed by atoms with E-state index < -0.39 is 0 Å². The lowest BCUT2D eigenvalue weighted by Crippen LogP contribution is -2.38. The van der Waals surface area contributed by atoms with Gasteiger partial charge >= 0.3 is 0 Å². The van der Waals surface area contributed by atoms with Crippen molar-refractivity contribution in [3.05, 3.63) is 0 Å². The highest BCUT2D eigenvalue weighted by atomic mass is 16.3. The van der Waals surface area contributed by atoms with Gasteiger partial charge in [0.05, 0.1) is 6.10 Å². The summed E-state index contributed by atoms with van der Waals surface area (Å²) in [6, 6.07) is 0. The Morgan fingerprint density at radius 2 is 1.62 bits per heavy atom. The Morgan fingerprint density at radius 1 is 1.08 bits per heavy atom. The SMILES string of the molecule is NC[C@H](O)CN1CCCCCCC1. The Balaban J connectivity index is 2.21. The maximum atomic E-state index is 9.41. The second-order valence-corrected chi connectivity index (χ2v) is 3.96. The molecule has 3 heteroatoms. The van der Waals surface area contributed by atoms with Crippen LogP contribution >= 0.6 is 0 Å². The van der Waals surface area contributed by atoms with Crippen molar-refractivity contribution in [3.8, 4) is 0 Å². The lowest BCUT2D eigenvalue weighted by atomic mass is 10.1. The summed E-state index contributed by atoms with van der Waals surface area (Å²) in [6.45, 7) is 3.42. The van der Waals surface area contributed by atoms with Crippen LogP contribution in [0.3, 0.4) is 0 Å². The fraction of sp³-hybridized carbons (Fsp3) is 1.00. The van der Waals surface area contributed by atoms with Crippen molar-refractivity contribution in [2.45, 2.75) is 38.2 Å². The summed E-state index contributed by atoms with van der Waals surface area (Å²) in [5.74, 6) is 0. The van der Waals surface area contributed by atoms with Crippen LogP contribution < -0.4 is 5.73 Å². The third-order valence-electron chi connectivity index (χ3n) is 2.69. The zero-order valence-corrected chi connectivity index (χ0v) is 8.41. The lowest BCUT2D eigenvalue weighted by molar-refractivity contribution is 0.113. The molecule has 0 spiro atoms. The van der Waals surface area contributed by atoms with Crippen molar-refractivity contribution < 1.29 is 5.11 Å². The number of β-amino-alcohol motifs (C(OH)–C–C–N with tert-alkyl or cyclic N) is 1. The average Bonchev–Trinajstić information content (AvgIpc) is 2.09. The number of hydrogen-bond acceptors (Lipinski definition) is 3. The van der Waals surface area contributed by atoms with Crippen molar-refractivity contribution in [2.75, 3.05) is 26.2 Å². The Bertz CT molecular complexity index is 122. The highest BCUT2D eigenvalue weighted by Crippen LogP contribution is 2.10. The Labute approximate surface area is 80.9 Å². The molecule has 13 heavy (non-hydrogen) atoms. The van der Waals surface area contributed by atoms with E-state index in [2.05, 4.69) is 4.90 Å². The maximum Gasteiger partial charge on any atom is 0.0789 e. The number of hydrogen-bond donors (Lipinski definition) is 2. The summed E-state index contributed by atoms with van der Waals surface area (Å²) >= 11 is 0. The average molecular weight is 186 g/mol. The highest BCUT2D eigenvalue weighted by molar-refractivity contribution is 4.67. The number of aliphatic hydroxyl groups is 1. The Morgan fingerprint density at radius 3 is 2.15 bits per heavy atom. The molecule has 0 unspecified atom stereocenters. The molecule has 0 radical (unpaired) electrons. The molecular weight excluding hydrogens is 164 g/mol. The fourth-order valence-electron chi connectivity index (χ4n) is 1.87. The van der Waals surface area contributed by atoms with Gasteiger partial charge in [-0.3, -0.25) is 0 Å². The fourth-order valence-corrected chi connectivity index (χ4v) is 1.87. The predicted octanol–water partition coefficient (Wildman–Crippen LogP) is 0.572. The number of nitrogens with zero attached hydrogens (tertiary/aromatic N) is 1. The van der Waals surface area contributed by atoms with Crippen LogP contribution in [0, 0.1) is 0 Å². The molecule has 3 nitrogen and oxygen atoms in total. The molecule has 1 aliphatic rings. The van der Waals surface area contributed by atoms with Crippen LogP contribution in [0.5, 0.6) is 0 Å². The van der Waals surface area contributed by atoms with Gasteiger partial charge in [0.1, 0.15) is 0 Å². The molecule has 1 fully saturated rings. The molecule has 0 amide bonds. The van der Waals surface area contributed by atoms with E-state index in [1.165, 1.54) is 32.1 Å². The molecule has 0 aromatic rings. The van der Waals surface area contributed by atoms with E-state index in [0.29, 0.717) is 6.54 Å². The number of nitrogens with two attached hydrogens (primary N) is 1. The topological polar surface area (TPSA) is 49.5 Å². The first kappa shape index (κ1) is 11.0. The van der Waals surface area contributed by atoms with Crippen molar-refractivity contribution in [1.82, 2.24) is 4.90 Å². The Hall–Kier alpha value is -0.120. The number of likely N-dealkylation sites (tertiary alicyclic amines) is 1. The van der Waals surface area contributed by atoms with Crippen molar-refractivity contribution >= 4 is 0 Å². The van der Waals surface area contributed by atoms with Gasteiger partial charge in [0.15, 0.2) is 0 Å². The molecule has 0 aromatic heterocycles. The van der Waals surface area contributed by atoms with Crippen LogP contribution in [-0.2, 0) is 0 Å². The zero-order valence-electron chi connectivity index (χ0n) is 8.41. The van der Waals surface area contributed by atoms with Gasteiger partial charge in [-0.1, -0.05) is 19.3 Å². The molecule has 1 atom stereocenters. The predicted molar refractivity (Wildman–Crippen MR) is 54.6 cm³/mol. The zero-order chi connectivity index (χ0) is 9.52. The quantitative estimate of drug-likeness (QED) is 0.677. The van der Waals surface area contributed by atoms with Gasteiger partial charge in [0.25, 0.3) is 0 Å². The molecule has 3 N–H and O–H groups in total. The van der Waals surface area contributed by atoms with Crippen molar-refractivity contribution in [2.24, 2.45) is 5.73 Å². The first-order valence-electron chi connectivity index (χ1n) is 5.43. The molecule has 0 aliphatic carbocycles. The second-order valence-electron chi connectivity index (χ2n) is 3.96. The Kier molecular flexibility index (Phi) is 5.35. The lowest BCUT2D eigenvalue weighted by Gasteiger charge is -2.26. The molecule has 1 rings (SSSR count). The minimum Gasteiger partial charge on any atom is -0.390 e. The van der Waals surface area contributed by atoms with E-state index in [9.17, 15) is 5.11 Å². The molecule has 0 bridgehead atoms. The van der Waals surface area contributed by atoms with Crippen LogP contribution in [0.1, 0.15) is 32.1 Å². The summed E-state index contributed by atoms with van der Waals surface area (Å²) in [6.07, 6.45) is 6.28. The van der Waals surface area contributed by atoms with Crippen LogP contribution in [0.4, 0.5) is 0 Å². The first-order valence-corrected chi connectivity index (χ1v) is 5.43. The molecule has 1 heterocycles. The monoisotopic (exact) mass is 186 g/mol. The van der Waals surface area contributed by atoms with E-state index >= 15 is 0 Å². The van der Waals surface area contributed by atoms with E-state index in [-0.39, 0.29) is 6.10 Å². The summed E-state index contributed by atoms with van der Waals surface area (Å²) in [7, 11) is 0. The minimum absolute atomic E-state index is 0.334. The van der Waals surface area contributed by atoms with Crippen LogP contribution in [0.2, 0.25) is 0 Å². The van der Waals surface area contributed by atoms with E-state index in [1.807, 2.05) is 0 Å². The maximum absolute atomic E-state index is 9.41. The molecular formula is C10H22N2O. The van der Waals surface area contributed by atoms with Gasteiger partial charge in [-0.25, -0.2) is 0 Å². The summed E-state index contributed by atoms with van der Waals surface area (Å²) in [5, 5.41) is 9.41. The molecule has 0 saturated carbocycles. The van der Waals surface area contributed by atoms with Gasteiger partial charge in [0, 0.05) is 13.1 Å². The number of rotatable bonds is 3. The van der Waals surface area contributed by atoms with E-state index in [4.69, 9.17) is 5.73 Å². The number of aliphatic hydroxyl groups excluding tert-OH is 1. The van der Waals surface area contributed by atoms with Crippen LogP contribution in [0.15, 0.2) is 0 Å². The van der Waals surface area contributed by atoms with Gasteiger partial charge < -0.3 is 15.7 Å². The standard InChI is InChI=1S/C10H22N2O/c11-8-10(13)9-12-6-4-2-1-3-5-7-12/h10,13H,1-9,11H2/t10-/m0/s1. The molecule has 1 saturated heterocycles. The molecule has 78 valence electrons. The molecule has 0 aromatic carbocycles. The van der Waals surface area contributed by atoms with E-state index in [1.54, 1.807) is 0 Å². The summed E-state index contributed by atoms with van der Waals surface area (Å²) < 4.78 is 0. The molecule has 1 aliphatic heterocycles. The van der Waals surface area contributed by atoms with Gasteiger partial charge in [-0.15, -0.1) is 0 Å². The highest BCUT2D eigenvalue weighted by Gasteiger charge is 2.11. The largest absolute Gasteiger partial charge is 0.390 e. The van der Waals surface area contributed by atoms with Crippen molar-refractivity contribution in [1.29, 1.82) is 0 Å². The second kappa shape index (κ2) is 6.35. The smallest absolute Gasteiger partial charge is 0.0789 e. The van der Waals surface area contributed by atoms with Gasteiger partial charge in [0.2, 0.25) is 0 Å². The summed E-state index contributed by atoms with van der Waals surface area (Å²) in [4.78, 5) is 2.34. The van der Waals surface area contributed by atoms with Crippen LogP contribution in [0.25, 0.3) is 0 Å². The first-order chi connectivity index (χ1) is 6.33. The van der Waals surface area contributed by atoms with Crippen molar-refractivity contribution in [3.63, 3.8) is 0 Å². The van der Waals surface area contributed by atoms with Gasteiger partial charge in [-0.2, -0.15) is 0 Å². The van der Waals surface area contributed by atoms with Crippen LogP contribution in [-0.4, -0.2) is 42.3 Å². The third kappa shape index (κ3) is 4.60. The van der Waals surface area contributed by atoms with Gasteiger partial charge in [-0.05, 0) is 25.9 Å². The third-order valence-corrected chi connectivity index (χ3v) is 2.69. The summed E-state index contributed by atoms with van der Waals surface area (Å²) in [5.41, 5.74) is 5.38. The normalized spacial score (nSPS) is 23.5. The minimum atomic E-state index is -0.334.